The van der Waals surface area contributed by atoms with Crippen LogP contribution in [0.1, 0.15) is 5.82 Å². The van der Waals surface area contributed by atoms with Gasteiger partial charge in [-0.05, 0) is 0 Å². The highest BCUT2D eigenvalue weighted by Gasteiger charge is 2.09. The molecule has 2 aromatic rings. The van der Waals surface area contributed by atoms with Crippen molar-refractivity contribution >= 4 is 23.2 Å². The van der Waals surface area contributed by atoms with Crippen LogP contribution in [0.25, 0.3) is 0 Å². The average Bonchev–Trinajstić information content (AvgIpc) is 2.65. The van der Waals surface area contributed by atoms with Crippen LogP contribution < -0.4 is 5.56 Å². The fourth-order valence-electron chi connectivity index (χ4n) is 1.14. The molecule has 16 heavy (non-hydrogen) atoms. The normalized spacial score (nSPS) is 10.7. The monoisotopic (exact) mass is 259 g/mol. The van der Waals surface area contributed by atoms with Crippen molar-refractivity contribution in [1.29, 1.82) is 0 Å². The quantitative estimate of drug-likeness (QED) is 0.798. The highest BCUT2D eigenvalue weighted by molar-refractivity contribution is 6.41. The van der Waals surface area contributed by atoms with Gasteiger partial charge in [-0.15, -0.1) is 10.2 Å². The molecule has 0 saturated heterocycles. The maximum atomic E-state index is 11.7. The van der Waals surface area contributed by atoms with Gasteiger partial charge in [-0.1, -0.05) is 23.2 Å². The van der Waals surface area contributed by atoms with Gasteiger partial charge in [0.05, 0.1) is 11.2 Å². The molecular weight excluding hydrogens is 253 g/mol. The number of nitrogens with zero attached hydrogens (tertiary/aromatic N) is 5. The Morgan fingerprint density at radius 2 is 2.19 bits per heavy atom. The summed E-state index contributed by atoms with van der Waals surface area (Å²) >= 11 is 11.4. The summed E-state index contributed by atoms with van der Waals surface area (Å²) in [6.07, 6.45) is 2.86. The third-order valence-corrected chi connectivity index (χ3v) is 2.79. The molecule has 0 unspecified atom stereocenters. The highest BCUT2D eigenvalue weighted by Crippen LogP contribution is 2.14. The van der Waals surface area contributed by atoms with E-state index in [-0.39, 0.29) is 16.6 Å². The van der Waals surface area contributed by atoms with E-state index in [1.54, 1.807) is 11.6 Å². The predicted octanol–water partition coefficient (Wildman–Crippen LogP) is 0.727. The summed E-state index contributed by atoms with van der Waals surface area (Å²) in [5.74, 6) is 0.605. The van der Waals surface area contributed by atoms with E-state index >= 15 is 0 Å². The zero-order valence-corrected chi connectivity index (χ0v) is 9.77. The second kappa shape index (κ2) is 4.23. The molecule has 0 aliphatic heterocycles. The predicted molar refractivity (Wildman–Crippen MR) is 58.6 cm³/mol. The Morgan fingerprint density at radius 1 is 1.44 bits per heavy atom. The van der Waals surface area contributed by atoms with Crippen LogP contribution in [0.4, 0.5) is 0 Å². The van der Waals surface area contributed by atoms with Gasteiger partial charge in [0.2, 0.25) is 0 Å². The minimum atomic E-state index is -0.447. The van der Waals surface area contributed by atoms with Crippen molar-refractivity contribution in [3.05, 3.63) is 38.7 Å². The van der Waals surface area contributed by atoms with Crippen molar-refractivity contribution in [2.75, 3.05) is 0 Å². The minimum Gasteiger partial charge on any atom is -0.319 e. The standard InChI is InChI=1S/C8H7Cl2N5O/c1-14-4-11-13-6(14)3-15-8(16)7(10)5(9)2-12-15/h2,4H,3H2,1H3. The summed E-state index contributed by atoms with van der Waals surface area (Å²) in [7, 11) is 1.78. The molecule has 2 heterocycles. The molecule has 0 atom stereocenters. The molecule has 0 saturated carbocycles. The Kier molecular flexibility index (Phi) is 2.93. The first-order valence-corrected chi connectivity index (χ1v) is 5.09. The van der Waals surface area contributed by atoms with Crippen LogP contribution in [0.5, 0.6) is 0 Å². The van der Waals surface area contributed by atoms with Gasteiger partial charge in [0.25, 0.3) is 5.56 Å². The topological polar surface area (TPSA) is 65.6 Å². The van der Waals surface area contributed by atoms with Crippen LogP contribution in [-0.2, 0) is 13.6 Å². The van der Waals surface area contributed by atoms with Crippen molar-refractivity contribution in [2.45, 2.75) is 6.54 Å². The van der Waals surface area contributed by atoms with Gasteiger partial charge in [-0.2, -0.15) is 5.10 Å². The Bertz CT molecular complexity index is 576. The summed E-state index contributed by atoms with van der Waals surface area (Å²) in [6, 6.07) is 0. The summed E-state index contributed by atoms with van der Waals surface area (Å²) in [5.41, 5.74) is -0.447. The summed E-state index contributed by atoms with van der Waals surface area (Å²) in [5, 5.41) is 11.5. The number of hydrogen-bond acceptors (Lipinski definition) is 4. The lowest BCUT2D eigenvalue weighted by atomic mass is 10.5. The number of rotatable bonds is 2. The molecule has 0 bridgehead atoms. The van der Waals surface area contributed by atoms with Crippen LogP contribution in [0.2, 0.25) is 10.0 Å². The fraction of sp³-hybridized carbons (Fsp3) is 0.250. The van der Waals surface area contributed by atoms with E-state index in [1.807, 2.05) is 0 Å². The Labute approximate surface area is 100 Å². The lowest BCUT2D eigenvalue weighted by Gasteiger charge is -2.04. The summed E-state index contributed by atoms with van der Waals surface area (Å²) in [4.78, 5) is 11.7. The first-order chi connectivity index (χ1) is 7.59. The zero-order valence-electron chi connectivity index (χ0n) is 8.26. The van der Waals surface area contributed by atoms with E-state index < -0.39 is 5.56 Å². The van der Waals surface area contributed by atoms with E-state index in [0.29, 0.717) is 5.82 Å². The van der Waals surface area contributed by atoms with Gasteiger partial charge >= 0.3 is 0 Å². The first kappa shape index (κ1) is 11.1. The molecule has 0 fully saturated rings. The molecule has 0 aliphatic carbocycles. The molecule has 0 N–H and O–H groups in total. The lowest BCUT2D eigenvalue weighted by Crippen LogP contribution is -2.25. The van der Waals surface area contributed by atoms with E-state index in [0.717, 1.165) is 0 Å². The maximum Gasteiger partial charge on any atom is 0.287 e. The molecule has 84 valence electrons. The Hall–Kier alpha value is -1.40. The minimum absolute atomic E-state index is 0.0427. The van der Waals surface area contributed by atoms with Crippen LogP contribution in [0, 0.1) is 0 Å². The van der Waals surface area contributed by atoms with E-state index in [2.05, 4.69) is 15.3 Å². The molecule has 0 spiro atoms. The molecule has 0 aromatic carbocycles. The smallest absolute Gasteiger partial charge is 0.287 e. The summed E-state index contributed by atoms with van der Waals surface area (Å²) in [6.45, 7) is 0.201. The molecule has 6 nitrogen and oxygen atoms in total. The van der Waals surface area contributed by atoms with Gasteiger partial charge in [0.1, 0.15) is 17.9 Å². The zero-order chi connectivity index (χ0) is 11.7. The van der Waals surface area contributed by atoms with Crippen molar-refractivity contribution < 1.29 is 0 Å². The third kappa shape index (κ3) is 1.94. The molecule has 8 heteroatoms. The van der Waals surface area contributed by atoms with Gasteiger partial charge in [-0.25, -0.2) is 4.68 Å². The van der Waals surface area contributed by atoms with Gasteiger partial charge in [0, 0.05) is 7.05 Å². The largest absolute Gasteiger partial charge is 0.319 e. The van der Waals surface area contributed by atoms with Crippen molar-refractivity contribution in [3.8, 4) is 0 Å². The molecule has 0 amide bonds. The molecule has 2 rings (SSSR count). The average molecular weight is 260 g/mol. The van der Waals surface area contributed by atoms with E-state index in [4.69, 9.17) is 23.2 Å². The molecule has 0 radical (unpaired) electrons. The van der Waals surface area contributed by atoms with Crippen molar-refractivity contribution in [3.63, 3.8) is 0 Å². The molecule has 0 aliphatic rings. The SMILES string of the molecule is Cn1cnnc1Cn1ncc(Cl)c(Cl)c1=O. The summed E-state index contributed by atoms with van der Waals surface area (Å²) < 4.78 is 2.87. The lowest BCUT2D eigenvalue weighted by molar-refractivity contribution is 0.596. The van der Waals surface area contributed by atoms with Crippen LogP contribution in [0.3, 0.4) is 0 Å². The van der Waals surface area contributed by atoms with Crippen LogP contribution in [0.15, 0.2) is 17.3 Å². The second-order valence-corrected chi connectivity index (χ2v) is 3.91. The number of aromatic nitrogens is 5. The number of aryl methyl sites for hydroxylation is 1. The third-order valence-electron chi connectivity index (χ3n) is 2.04. The van der Waals surface area contributed by atoms with Crippen molar-refractivity contribution in [1.82, 2.24) is 24.5 Å². The maximum absolute atomic E-state index is 11.7. The van der Waals surface area contributed by atoms with Crippen LogP contribution in [-0.4, -0.2) is 24.5 Å². The number of hydrogen-bond donors (Lipinski definition) is 0. The van der Waals surface area contributed by atoms with Crippen LogP contribution >= 0.6 is 23.2 Å². The Balaban J connectivity index is 2.40. The number of halogens is 2. The fourth-order valence-corrected chi connectivity index (χ4v) is 1.41. The second-order valence-electron chi connectivity index (χ2n) is 3.13. The van der Waals surface area contributed by atoms with E-state index in [9.17, 15) is 4.79 Å². The first-order valence-electron chi connectivity index (χ1n) is 4.33. The van der Waals surface area contributed by atoms with Gasteiger partial charge < -0.3 is 4.57 Å². The molecule has 2 aromatic heterocycles. The highest BCUT2D eigenvalue weighted by atomic mass is 35.5. The van der Waals surface area contributed by atoms with Gasteiger partial charge in [0.15, 0.2) is 5.82 Å². The Morgan fingerprint density at radius 3 is 2.81 bits per heavy atom. The van der Waals surface area contributed by atoms with Crippen molar-refractivity contribution in [2.24, 2.45) is 7.05 Å². The molecular formula is C8H7Cl2N5O. The van der Waals surface area contributed by atoms with E-state index in [1.165, 1.54) is 17.2 Å². The van der Waals surface area contributed by atoms with Gasteiger partial charge in [-0.3, -0.25) is 4.79 Å².